The fraction of sp³-hybridized carbons (Fsp3) is 0.375. The second-order valence-corrected chi connectivity index (χ2v) is 8.41. The molecule has 1 aliphatic rings. The Balaban J connectivity index is 1.66. The van der Waals surface area contributed by atoms with Gasteiger partial charge in [0.2, 0.25) is 16.9 Å². The Labute approximate surface area is 160 Å². The van der Waals surface area contributed by atoms with Gasteiger partial charge in [-0.15, -0.1) is 22.0 Å². The Morgan fingerprint density at radius 1 is 1.33 bits per heavy atom. The highest BCUT2D eigenvalue weighted by atomic mass is 32.2. The van der Waals surface area contributed by atoms with Crippen molar-refractivity contribution in [3.05, 3.63) is 28.8 Å². The third-order valence-electron chi connectivity index (χ3n) is 3.68. The highest BCUT2D eigenvalue weighted by Crippen LogP contribution is 2.40. The van der Waals surface area contributed by atoms with Gasteiger partial charge >= 0.3 is 6.18 Å². The molecule has 0 bridgehead atoms. The van der Waals surface area contributed by atoms with Gasteiger partial charge in [-0.3, -0.25) is 9.59 Å². The predicted octanol–water partition coefficient (Wildman–Crippen LogP) is 4.12. The van der Waals surface area contributed by atoms with Gasteiger partial charge in [-0.1, -0.05) is 25.2 Å². The summed E-state index contributed by atoms with van der Waals surface area (Å²) >= 11 is 2.32. The van der Waals surface area contributed by atoms with E-state index in [4.69, 9.17) is 0 Å². The summed E-state index contributed by atoms with van der Waals surface area (Å²) in [5.74, 6) is -0.738. The molecule has 3 rings (SSSR count). The average Bonchev–Trinajstić information content (AvgIpc) is 3.03. The monoisotopic (exact) mass is 416 g/mol. The molecule has 1 aromatic heterocycles. The second kappa shape index (κ2) is 7.47. The Morgan fingerprint density at radius 2 is 2.07 bits per heavy atom. The van der Waals surface area contributed by atoms with E-state index in [0.29, 0.717) is 10.0 Å². The number of carbonyl (C=O) groups excluding carboxylic acids is 2. The number of alkyl halides is 3. The molecule has 1 aromatic carbocycles. The van der Waals surface area contributed by atoms with Crippen molar-refractivity contribution >= 4 is 45.7 Å². The zero-order valence-corrected chi connectivity index (χ0v) is 15.9. The van der Waals surface area contributed by atoms with Crippen LogP contribution in [0.4, 0.5) is 24.0 Å². The number of anilines is 2. The SMILES string of the molecule is CC(C)c1nnc(NC(=O)C[C@H]2Sc3ccc(C(F)(F)F)cc3NC2=O)s1. The molecule has 2 heterocycles. The molecule has 1 atom stereocenters. The van der Waals surface area contributed by atoms with Crippen molar-refractivity contribution in [3.8, 4) is 0 Å². The normalized spacial score (nSPS) is 16.8. The molecule has 27 heavy (non-hydrogen) atoms. The molecule has 0 saturated heterocycles. The largest absolute Gasteiger partial charge is 0.416 e. The van der Waals surface area contributed by atoms with E-state index in [-0.39, 0.29) is 18.0 Å². The molecular weight excluding hydrogens is 401 g/mol. The van der Waals surface area contributed by atoms with Crippen LogP contribution in [0.1, 0.15) is 36.8 Å². The van der Waals surface area contributed by atoms with Crippen LogP contribution in [0.25, 0.3) is 0 Å². The number of nitrogens with zero attached hydrogens (tertiary/aromatic N) is 2. The molecule has 0 aliphatic carbocycles. The number of rotatable bonds is 4. The van der Waals surface area contributed by atoms with Crippen LogP contribution < -0.4 is 10.6 Å². The van der Waals surface area contributed by atoms with Crippen LogP contribution in [-0.2, 0) is 15.8 Å². The summed E-state index contributed by atoms with van der Waals surface area (Å²) < 4.78 is 38.3. The molecular formula is C16H15F3N4O2S2. The Bertz CT molecular complexity index is 883. The standard InChI is InChI=1S/C16H15F3N4O2S2/c1-7(2)14-22-23-15(27-14)21-12(24)6-11-13(25)20-9-5-8(16(17,18)19)3-4-10(9)26-11/h3-5,7,11H,6H2,1-2H3,(H,20,25)(H,21,23,24)/t11-/m1/s1. The van der Waals surface area contributed by atoms with Crippen molar-refractivity contribution in [1.82, 2.24) is 10.2 Å². The molecule has 0 fully saturated rings. The number of aromatic nitrogens is 2. The van der Waals surface area contributed by atoms with E-state index in [2.05, 4.69) is 20.8 Å². The smallest absolute Gasteiger partial charge is 0.324 e. The van der Waals surface area contributed by atoms with Crippen molar-refractivity contribution in [2.75, 3.05) is 10.6 Å². The number of hydrogen-bond donors (Lipinski definition) is 2. The fourth-order valence-corrected chi connectivity index (χ4v) is 4.17. The van der Waals surface area contributed by atoms with Crippen molar-refractivity contribution in [3.63, 3.8) is 0 Å². The number of nitrogens with one attached hydrogen (secondary N) is 2. The summed E-state index contributed by atoms with van der Waals surface area (Å²) in [4.78, 5) is 24.9. The summed E-state index contributed by atoms with van der Waals surface area (Å²) in [6.45, 7) is 3.91. The zero-order chi connectivity index (χ0) is 19.8. The number of benzene rings is 1. The van der Waals surface area contributed by atoms with Crippen LogP contribution in [0, 0.1) is 0 Å². The summed E-state index contributed by atoms with van der Waals surface area (Å²) in [5, 5.41) is 13.3. The van der Waals surface area contributed by atoms with E-state index in [1.807, 2.05) is 13.8 Å². The quantitative estimate of drug-likeness (QED) is 0.783. The first-order valence-electron chi connectivity index (χ1n) is 7.95. The van der Waals surface area contributed by atoms with Crippen molar-refractivity contribution < 1.29 is 22.8 Å². The number of fused-ring (bicyclic) bond motifs is 1. The Hall–Kier alpha value is -2.14. The Morgan fingerprint density at radius 3 is 2.70 bits per heavy atom. The summed E-state index contributed by atoms with van der Waals surface area (Å²) in [5.41, 5.74) is -0.738. The highest BCUT2D eigenvalue weighted by molar-refractivity contribution is 8.01. The van der Waals surface area contributed by atoms with Gasteiger partial charge in [-0.05, 0) is 18.2 Å². The summed E-state index contributed by atoms with van der Waals surface area (Å²) in [6.07, 6.45) is -4.62. The molecule has 0 unspecified atom stereocenters. The van der Waals surface area contributed by atoms with Gasteiger partial charge in [0, 0.05) is 17.2 Å². The van der Waals surface area contributed by atoms with Crippen molar-refractivity contribution in [1.29, 1.82) is 0 Å². The van der Waals surface area contributed by atoms with E-state index in [9.17, 15) is 22.8 Å². The number of amides is 2. The maximum absolute atomic E-state index is 12.8. The maximum Gasteiger partial charge on any atom is 0.416 e. The Kier molecular flexibility index (Phi) is 5.43. The van der Waals surface area contributed by atoms with Gasteiger partial charge in [-0.2, -0.15) is 13.2 Å². The lowest BCUT2D eigenvalue weighted by molar-refractivity contribution is -0.137. The number of thioether (sulfide) groups is 1. The minimum Gasteiger partial charge on any atom is -0.324 e. The van der Waals surface area contributed by atoms with Gasteiger partial charge in [0.05, 0.1) is 16.5 Å². The first-order chi connectivity index (χ1) is 12.6. The van der Waals surface area contributed by atoms with E-state index in [1.54, 1.807) is 0 Å². The second-order valence-electron chi connectivity index (χ2n) is 6.16. The van der Waals surface area contributed by atoms with Crippen molar-refractivity contribution in [2.24, 2.45) is 0 Å². The van der Waals surface area contributed by atoms with E-state index in [1.165, 1.54) is 17.4 Å². The topological polar surface area (TPSA) is 84.0 Å². The van der Waals surface area contributed by atoms with Gasteiger partial charge < -0.3 is 10.6 Å². The van der Waals surface area contributed by atoms with Crippen LogP contribution in [0.5, 0.6) is 0 Å². The lowest BCUT2D eigenvalue weighted by Gasteiger charge is -2.24. The molecule has 6 nitrogen and oxygen atoms in total. The lowest BCUT2D eigenvalue weighted by atomic mass is 10.1. The molecule has 11 heteroatoms. The number of hydrogen-bond acceptors (Lipinski definition) is 6. The first kappa shape index (κ1) is 19.6. The van der Waals surface area contributed by atoms with Crippen molar-refractivity contribution in [2.45, 2.75) is 42.5 Å². The van der Waals surface area contributed by atoms with Gasteiger partial charge in [0.25, 0.3) is 0 Å². The molecule has 144 valence electrons. The lowest BCUT2D eigenvalue weighted by Crippen LogP contribution is -2.32. The third-order valence-corrected chi connectivity index (χ3v) is 6.09. The molecule has 0 spiro atoms. The molecule has 0 saturated carbocycles. The number of halogens is 3. The molecule has 0 radical (unpaired) electrons. The fourth-order valence-electron chi connectivity index (χ4n) is 2.32. The first-order valence-corrected chi connectivity index (χ1v) is 9.65. The van der Waals surface area contributed by atoms with E-state index < -0.39 is 28.8 Å². The molecule has 2 amide bonds. The third kappa shape index (κ3) is 4.59. The van der Waals surface area contributed by atoms with Gasteiger partial charge in [0.1, 0.15) is 5.01 Å². The van der Waals surface area contributed by atoms with Gasteiger partial charge in [-0.25, -0.2) is 0 Å². The maximum atomic E-state index is 12.8. The average molecular weight is 416 g/mol. The van der Waals surface area contributed by atoms with Crippen LogP contribution in [0.2, 0.25) is 0 Å². The van der Waals surface area contributed by atoms with Crippen LogP contribution in [0.3, 0.4) is 0 Å². The minimum atomic E-state index is -4.49. The molecule has 1 aliphatic heterocycles. The van der Waals surface area contributed by atoms with Crippen LogP contribution >= 0.6 is 23.1 Å². The zero-order valence-electron chi connectivity index (χ0n) is 14.3. The summed E-state index contributed by atoms with van der Waals surface area (Å²) in [7, 11) is 0. The van der Waals surface area contributed by atoms with E-state index >= 15 is 0 Å². The van der Waals surface area contributed by atoms with Crippen LogP contribution in [0.15, 0.2) is 23.1 Å². The minimum absolute atomic E-state index is 0.0992. The predicted molar refractivity (Wildman–Crippen MR) is 97.0 cm³/mol. The number of carbonyl (C=O) groups is 2. The molecule has 2 N–H and O–H groups in total. The van der Waals surface area contributed by atoms with Gasteiger partial charge in [0.15, 0.2) is 0 Å². The highest BCUT2D eigenvalue weighted by Gasteiger charge is 2.34. The van der Waals surface area contributed by atoms with E-state index in [0.717, 1.165) is 28.9 Å². The molecule has 2 aromatic rings. The van der Waals surface area contributed by atoms with Crippen LogP contribution in [-0.4, -0.2) is 27.3 Å². The summed E-state index contributed by atoms with van der Waals surface area (Å²) in [6, 6.07) is 3.15.